The molecule has 2 rings (SSSR count). The van der Waals surface area contributed by atoms with Crippen molar-refractivity contribution in [1.82, 2.24) is 0 Å². The molecule has 1 aromatic rings. The number of hydrogen-bond donors (Lipinski definition) is 2. The Bertz CT molecular complexity index is 837. The van der Waals surface area contributed by atoms with Crippen LogP contribution in [0.3, 0.4) is 0 Å². The molecule has 0 aromatic heterocycles. The zero-order valence-electron chi connectivity index (χ0n) is 12.6. The molecule has 0 saturated carbocycles. The lowest BCUT2D eigenvalue weighted by atomic mass is 9.91. The van der Waals surface area contributed by atoms with Crippen molar-refractivity contribution >= 4 is 27.9 Å². The lowest BCUT2D eigenvalue weighted by Gasteiger charge is -2.31. The van der Waals surface area contributed by atoms with Gasteiger partial charge >= 0.3 is 27.7 Å². The van der Waals surface area contributed by atoms with E-state index in [1.165, 1.54) is 6.92 Å². The Labute approximate surface area is 139 Å². The number of carboxylic acid groups (broad SMARTS) is 2. The number of anilines is 1. The summed E-state index contributed by atoms with van der Waals surface area (Å²) in [6, 6.07) is 2.71. The second-order valence-corrected chi connectivity index (χ2v) is 6.80. The Kier molecular flexibility index (Phi) is 4.36. The highest BCUT2D eigenvalue weighted by atomic mass is 32.2. The monoisotopic (exact) mass is 383 g/mol. The number of nitrogens with zero attached hydrogens (tertiary/aromatic N) is 1. The molecule has 0 aliphatic carbocycles. The van der Waals surface area contributed by atoms with Crippen LogP contribution in [0.2, 0.25) is 0 Å². The number of benzene rings is 1. The molecule has 1 aliphatic heterocycles. The van der Waals surface area contributed by atoms with Gasteiger partial charge in [0.2, 0.25) is 0 Å². The number of carbonyl (C=O) groups is 2. The lowest BCUT2D eigenvalue weighted by molar-refractivity contribution is -0.143. The van der Waals surface area contributed by atoms with E-state index < -0.39 is 39.0 Å². The smallest absolute Gasteiger partial charge is 0.479 e. The first-order valence-corrected chi connectivity index (χ1v) is 8.17. The largest absolute Gasteiger partial charge is 0.534 e. The highest BCUT2D eigenvalue weighted by Gasteiger charge is 2.52. The van der Waals surface area contributed by atoms with E-state index in [0.717, 1.165) is 18.2 Å². The first kappa shape index (κ1) is 18.8. The highest BCUT2D eigenvalue weighted by Crippen LogP contribution is 2.43. The van der Waals surface area contributed by atoms with Gasteiger partial charge in [0.05, 0.1) is 5.69 Å². The summed E-state index contributed by atoms with van der Waals surface area (Å²) in [6.07, 6.45) is -2.01. The standard InChI is InChI=1S/C13H12F3NO7S/c1-2-12(10(18)19)6-7-5-8(24-25(22,23)13(14,15)16)3-4-9(7)17(12)11(20)21/h3-5H,2,6H2,1H3,(H,18,19)(H,20,21). The average Bonchev–Trinajstić information content (AvgIpc) is 2.80. The summed E-state index contributed by atoms with van der Waals surface area (Å²) < 4.78 is 63.2. The van der Waals surface area contributed by atoms with Gasteiger partial charge in [-0.3, -0.25) is 4.90 Å². The van der Waals surface area contributed by atoms with Crippen molar-refractivity contribution in [3.63, 3.8) is 0 Å². The molecule has 0 spiro atoms. The molecule has 25 heavy (non-hydrogen) atoms. The molecule has 12 heteroatoms. The number of hydrogen-bond acceptors (Lipinski definition) is 5. The molecular formula is C13H12F3NO7S. The maximum absolute atomic E-state index is 12.4. The molecule has 1 unspecified atom stereocenters. The van der Waals surface area contributed by atoms with E-state index in [0.29, 0.717) is 4.90 Å². The summed E-state index contributed by atoms with van der Waals surface area (Å²) >= 11 is 0. The Morgan fingerprint density at radius 1 is 1.32 bits per heavy atom. The van der Waals surface area contributed by atoms with Gasteiger partial charge in [-0.25, -0.2) is 9.59 Å². The van der Waals surface area contributed by atoms with Crippen molar-refractivity contribution in [3.8, 4) is 5.75 Å². The molecular weight excluding hydrogens is 371 g/mol. The van der Waals surface area contributed by atoms with E-state index in [1.54, 1.807) is 0 Å². The third kappa shape index (κ3) is 2.97. The fourth-order valence-corrected chi connectivity index (χ4v) is 3.12. The zero-order valence-corrected chi connectivity index (χ0v) is 13.4. The molecule has 1 amide bonds. The third-order valence-corrected chi connectivity index (χ3v) is 4.85. The van der Waals surface area contributed by atoms with Gasteiger partial charge in [-0.15, -0.1) is 0 Å². The van der Waals surface area contributed by atoms with Gasteiger partial charge in [0.25, 0.3) is 0 Å². The van der Waals surface area contributed by atoms with Crippen molar-refractivity contribution in [1.29, 1.82) is 0 Å². The molecule has 1 aliphatic rings. The summed E-state index contributed by atoms with van der Waals surface area (Å²) in [5, 5.41) is 18.8. The van der Waals surface area contributed by atoms with E-state index in [9.17, 15) is 41.4 Å². The molecule has 138 valence electrons. The van der Waals surface area contributed by atoms with Crippen LogP contribution in [0, 0.1) is 0 Å². The van der Waals surface area contributed by atoms with Crippen LogP contribution < -0.4 is 9.08 Å². The Morgan fingerprint density at radius 2 is 1.92 bits per heavy atom. The van der Waals surface area contributed by atoms with Crippen LogP contribution in [0.25, 0.3) is 0 Å². The number of amides is 1. The Balaban J connectivity index is 2.49. The predicted octanol–water partition coefficient (Wildman–Crippen LogP) is 2.19. The maximum atomic E-state index is 12.4. The van der Waals surface area contributed by atoms with Gasteiger partial charge in [0.15, 0.2) is 5.54 Å². The summed E-state index contributed by atoms with van der Waals surface area (Å²) in [6.45, 7) is 1.45. The first-order chi connectivity index (χ1) is 11.4. The lowest BCUT2D eigenvalue weighted by Crippen LogP contribution is -2.55. The molecule has 1 aromatic carbocycles. The van der Waals surface area contributed by atoms with Crippen molar-refractivity contribution in [2.24, 2.45) is 0 Å². The van der Waals surface area contributed by atoms with E-state index in [1.807, 2.05) is 0 Å². The Morgan fingerprint density at radius 3 is 2.36 bits per heavy atom. The van der Waals surface area contributed by atoms with Crippen LogP contribution in [-0.2, 0) is 21.3 Å². The minimum Gasteiger partial charge on any atom is -0.479 e. The minimum absolute atomic E-state index is 0.0431. The van der Waals surface area contributed by atoms with E-state index in [2.05, 4.69) is 4.18 Å². The molecule has 0 fully saturated rings. The van der Waals surface area contributed by atoms with Crippen molar-refractivity contribution in [2.75, 3.05) is 4.90 Å². The number of alkyl halides is 3. The molecule has 1 atom stereocenters. The summed E-state index contributed by atoms with van der Waals surface area (Å²) in [4.78, 5) is 23.7. The Hall–Kier alpha value is -2.50. The minimum atomic E-state index is -5.89. The van der Waals surface area contributed by atoms with Gasteiger partial charge < -0.3 is 14.4 Å². The number of rotatable bonds is 4. The van der Waals surface area contributed by atoms with Crippen LogP contribution in [0.4, 0.5) is 23.7 Å². The van der Waals surface area contributed by atoms with Crippen LogP contribution in [0.1, 0.15) is 18.9 Å². The average molecular weight is 383 g/mol. The topological polar surface area (TPSA) is 121 Å². The van der Waals surface area contributed by atoms with Crippen LogP contribution in [-0.4, -0.2) is 41.7 Å². The molecule has 2 N–H and O–H groups in total. The SMILES string of the molecule is CCC1(C(=O)O)Cc2cc(OS(=O)(=O)C(F)(F)F)ccc2N1C(=O)O. The van der Waals surface area contributed by atoms with E-state index in [-0.39, 0.29) is 24.1 Å². The molecule has 0 radical (unpaired) electrons. The summed E-state index contributed by atoms with van der Waals surface area (Å²) in [7, 11) is -5.89. The van der Waals surface area contributed by atoms with Crippen molar-refractivity contribution < 1.29 is 45.6 Å². The predicted molar refractivity (Wildman–Crippen MR) is 76.9 cm³/mol. The summed E-state index contributed by atoms with van der Waals surface area (Å²) in [5.41, 5.74) is -7.49. The number of fused-ring (bicyclic) bond motifs is 1. The quantitative estimate of drug-likeness (QED) is 0.604. The highest BCUT2D eigenvalue weighted by molar-refractivity contribution is 7.88. The maximum Gasteiger partial charge on any atom is 0.534 e. The van der Waals surface area contributed by atoms with E-state index >= 15 is 0 Å². The second kappa shape index (κ2) is 5.79. The van der Waals surface area contributed by atoms with Crippen molar-refractivity contribution in [2.45, 2.75) is 30.8 Å². The van der Waals surface area contributed by atoms with Gasteiger partial charge in [-0.05, 0) is 30.2 Å². The van der Waals surface area contributed by atoms with Gasteiger partial charge in [0.1, 0.15) is 5.75 Å². The van der Waals surface area contributed by atoms with Crippen LogP contribution >= 0.6 is 0 Å². The van der Waals surface area contributed by atoms with Gasteiger partial charge in [-0.2, -0.15) is 21.6 Å². The zero-order chi connectivity index (χ0) is 19.2. The van der Waals surface area contributed by atoms with Crippen LogP contribution in [0.15, 0.2) is 18.2 Å². The van der Waals surface area contributed by atoms with Crippen molar-refractivity contribution in [3.05, 3.63) is 23.8 Å². The van der Waals surface area contributed by atoms with E-state index in [4.69, 9.17) is 0 Å². The van der Waals surface area contributed by atoms with Gasteiger partial charge in [-0.1, -0.05) is 6.92 Å². The number of halogens is 3. The normalized spacial score (nSPS) is 20.2. The fraction of sp³-hybridized carbons (Fsp3) is 0.385. The first-order valence-electron chi connectivity index (χ1n) is 6.76. The molecule has 0 bridgehead atoms. The molecule has 0 saturated heterocycles. The number of carboxylic acids is 1. The molecule has 1 heterocycles. The molecule has 8 nitrogen and oxygen atoms in total. The second-order valence-electron chi connectivity index (χ2n) is 5.26. The van der Waals surface area contributed by atoms with Gasteiger partial charge in [0, 0.05) is 6.42 Å². The third-order valence-electron chi connectivity index (χ3n) is 3.87. The van der Waals surface area contributed by atoms with Crippen LogP contribution in [0.5, 0.6) is 5.75 Å². The summed E-state index contributed by atoms with van der Waals surface area (Å²) in [5.74, 6) is -2.13. The number of aliphatic carboxylic acids is 1. The fourth-order valence-electron chi connectivity index (χ4n) is 2.66.